The average molecular weight is 433 g/mol. The van der Waals surface area contributed by atoms with Gasteiger partial charge in [-0.15, -0.1) is 0 Å². The van der Waals surface area contributed by atoms with E-state index in [-0.39, 0.29) is 0 Å². The molecule has 0 fully saturated rings. The van der Waals surface area contributed by atoms with Gasteiger partial charge in [-0.25, -0.2) is 0 Å². The minimum absolute atomic E-state index is 0.842. The summed E-state index contributed by atoms with van der Waals surface area (Å²) < 4.78 is 10.5. The van der Waals surface area contributed by atoms with E-state index in [1.807, 2.05) is 48.5 Å². The van der Waals surface area contributed by atoms with Crippen LogP contribution in [-0.4, -0.2) is 30.4 Å². The lowest BCUT2D eigenvalue weighted by Crippen LogP contribution is -2.32. The molecule has 0 saturated heterocycles. The Morgan fingerprint density at radius 1 is 0.567 bits per heavy atom. The smallest absolute Gasteiger partial charge is 0.118 e. The minimum Gasteiger partial charge on any atom is -0.497 e. The first-order chi connectivity index (χ1) is 14.0. The first kappa shape index (κ1) is 23.6. The molecule has 0 spiro atoms. The van der Waals surface area contributed by atoms with Crippen LogP contribution >= 0.6 is 0 Å². The van der Waals surface area contributed by atoms with E-state index in [1.54, 1.807) is 14.2 Å². The van der Waals surface area contributed by atoms with Gasteiger partial charge in [-0.3, -0.25) is 0 Å². The Bertz CT molecular complexity index is 926. The van der Waals surface area contributed by atoms with Crippen molar-refractivity contribution in [3.05, 3.63) is 70.1 Å². The lowest BCUT2D eigenvalue weighted by Gasteiger charge is -2.25. The molecule has 30 heavy (non-hydrogen) atoms. The van der Waals surface area contributed by atoms with E-state index in [4.69, 9.17) is 9.47 Å². The number of hydrogen-bond acceptors (Lipinski definition) is 2. The molecule has 2 aromatic rings. The fourth-order valence-electron chi connectivity index (χ4n) is 2.87. The van der Waals surface area contributed by atoms with Crippen LogP contribution < -0.4 is 9.47 Å². The Labute approximate surface area is 184 Å². The molecule has 0 radical (unpaired) electrons. The van der Waals surface area contributed by atoms with Crippen molar-refractivity contribution < 1.29 is 9.47 Å². The van der Waals surface area contributed by atoms with Crippen LogP contribution in [-0.2, 0) is 0 Å². The van der Waals surface area contributed by atoms with Crippen LogP contribution in [0.4, 0.5) is 0 Å². The molecule has 2 rings (SSSR count). The molecule has 2 nitrogen and oxygen atoms in total. The largest absolute Gasteiger partial charge is 0.497 e. The van der Waals surface area contributed by atoms with Crippen LogP contribution in [0, 0.1) is 23.7 Å². The lowest BCUT2D eigenvalue weighted by atomic mass is 10.2. The Morgan fingerprint density at radius 2 is 0.867 bits per heavy atom. The van der Waals surface area contributed by atoms with Crippen LogP contribution in [0.15, 0.2) is 58.9 Å². The molecule has 0 heterocycles. The molecule has 0 saturated carbocycles. The molecule has 0 atom stereocenters. The predicted molar refractivity (Wildman–Crippen MR) is 133 cm³/mol. The van der Waals surface area contributed by atoms with Crippen LogP contribution in [0.1, 0.15) is 11.1 Å². The number of benzene rings is 2. The second-order valence-electron chi connectivity index (χ2n) is 9.21. The van der Waals surface area contributed by atoms with Crippen molar-refractivity contribution in [2.75, 3.05) is 14.2 Å². The molecule has 0 bridgehead atoms. The maximum absolute atomic E-state index is 5.25. The van der Waals surface area contributed by atoms with Gasteiger partial charge in [0.2, 0.25) is 0 Å². The Morgan fingerprint density at radius 3 is 1.10 bits per heavy atom. The molecule has 4 heteroatoms. The monoisotopic (exact) mass is 432 g/mol. The highest BCUT2D eigenvalue weighted by Gasteiger charge is 2.28. The van der Waals surface area contributed by atoms with E-state index in [0.29, 0.717) is 0 Å². The third kappa shape index (κ3) is 6.70. The van der Waals surface area contributed by atoms with Crippen molar-refractivity contribution in [1.29, 1.82) is 0 Å². The predicted octanol–water partition coefficient (Wildman–Crippen LogP) is 6.16. The van der Waals surface area contributed by atoms with Crippen LogP contribution in [0.25, 0.3) is 0 Å². The second kappa shape index (κ2) is 9.89. The molecule has 0 N–H and O–H groups in total. The van der Waals surface area contributed by atoms with Crippen LogP contribution in [0.5, 0.6) is 11.5 Å². The van der Waals surface area contributed by atoms with Gasteiger partial charge in [-0.05, 0) is 58.9 Å². The lowest BCUT2D eigenvalue weighted by molar-refractivity contribution is 0.414. The summed E-state index contributed by atoms with van der Waals surface area (Å²) in [6.07, 6.45) is 0. The normalized spacial score (nSPS) is 12.0. The topological polar surface area (TPSA) is 18.5 Å². The van der Waals surface area contributed by atoms with E-state index in [9.17, 15) is 0 Å². The van der Waals surface area contributed by atoms with Crippen LogP contribution in [0.2, 0.25) is 39.3 Å². The van der Waals surface area contributed by atoms with E-state index < -0.39 is 16.1 Å². The maximum atomic E-state index is 5.25. The standard InChI is InChI=1S/C26H32O2Si2/c1-27-23-15-9-21(10-16-23)13-19-25(29(3,4)5)26(30(6,7)8)20-14-22-11-17-24(28-2)18-12-22/h9-12,15-18H,1-8H3/b26-25+. The van der Waals surface area contributed by atoms with Gasteiger partial charge in [0.15, 0.2) is 0 Å². The van der Waals surface area contributed by atoms with E-state index >= 15 is 0 Å². The van der Waals surface area contributed by atoms with E-state index in [2.05, 4.69) is 63.0 Å². The fraction of sp³-hybridized carbons (Fsp3) is 0.308. The van der Waals surface area contributed by atoms with Gasteiger partial charge < -0.3 is 9.47 Å². The van der Waals surface area contributed by atoms with Gasteiger partial charge in [0.05, 0.1) is 30.4 Å². The summed E-state index contributed by atoms with van der Waals surface area (Å²) in [6.45, 7) is 14.1. The van der Waals surface area contributed by atoms with Gasteiger partial charge in [0.1, 0.15) is 11.5 Å². The van der Waals surface area contributed by atoms with Crippen LogP contribution in [0.3, 0.4) is 0 Å². The SMILES string of the molecule is COc1ccc(C#C/C(=C(/C#Cc2ccc(OC)cc2)[Si](C)(C)C)[Si](C)(C)C)cc1. The molecular weight excluding hydrogens is 400 g/mol. The number of hydrogen-bond donors (Lipinski definition) is 0. The molecule has 0 aliphatic carbocycles. The summed E-state index contributed by atoms with van der Waals surface area (Å²) in [4.78, 5) is 0. The summed E-state index contributed by atoms with van der Waals surface area (Å²) in [7, 11) is -0.0310. The van der Waals surface area contributed by atoms with Gasteiger partial charge in [0, 0.05) is 11.1 Å². The van der Waals surface area contributed by atoms with Gasteiger partial charge in [-0.2, -0.15) is 0 Å². The highest BCUT2D eigenvalue weighted by molar-refractivity contribution is 6.90. The molecule has 2 aromatic carbocycles. The number of allylic oxidation sites excluding steroid dienone is 2. The van der Waals surface area contributed by atoms with Gasteiger partial charge >= 0.3 is 0 Å². The molecular formula is C26H32O2Si2. The first-order valence-corrected chi connectivity index (χ1v) is 17.1. The quantitative estimate of drug-likeness (QED) is 0.425. The summed E-state index contributed by atoms with van der Waals surface area (Å²) in [5.74, 6) is 15.5. The van der Waals surface area contributed by atoms with Gasteiger partial charge in [0.25, 0.3) is 0 Å². The Balaban J connectivity index is 2.56. The zero-order chi connectivity index (χ0) is 22.4. The van der Waals surface area contributed by atoms with Crippen molar-refractivity contribution in [2.24, 2.45) is 0 Å². The van der Waals surface area contributed by atoms with E-state index in [1.165, 1.54) is 10.4 Å². The van der Waals surface area contributed by atoms with Crippen molar-refractivity contribution in [3.8, 4) is 35.2 Å². The first-order valence-electron chi connectivity index (χ1n) is 10.1. The summed E-state index contributed by atoms with van der Waals surface area (Å²) in [6, 6.07) is 15.8. The maximum Gasteiger partial charge on any atom is 0.118 e. The van der Waals surface area contributed by atoms with Crippen molar-refractivity contribution in [2.45, 2.75) is 39.3 Å². The van der Waals surface area contributed by atoms with Crippen molar-refractivity contribution in [3.63, 3.8) is 0 Å². The molecule has 0 aliphatic heterocycles. The molecule has 0 unspecified atom stereocenters. The summed E-state index contributed by atoms with van der Waals surface area (Å²) in [5, 5.41) is 2.52. The molecule has 0 aliphatic rings. The zero-order valence-corrected chi connectivity index (χ0v) is 21.4. The summed E-state index contributed by atoms with van der Waals surface area (Å²) >= 11 is 0. The number of rotatable bonds is 4. The third-order valence-electron chi connectivity index (χ3n) is 4.59. The fourth-order valence-corrected chi connectivity index (χ4v) is 7.62. The highest BCUT2D eigenvalue weighted by atomic mass is 28.3. The molecule has 0 aromatic heterocycles. The van der Waals surface area contributed by atoms with Crippen molar-refractivity contribution >= 4 is 16.1 Å². The van der Waals surface area contributed by atoms with E-state index in [0.717, 1.165) is 22.6 Å². The van der Waals surface area contributed by atoms with Gasteiger partial charge in [-0.1, -0.05) is 63.0 Å². The minimum atomic E-state index is -1.69. The number of ether oxygens (including phenoxy) is 2. The highest BCUT2D eigenvalue weighted by Crippen LogP contribution is 2.25. The second-order valence-corrected chi connectivity index (χ2v) is 19.2. The molecule has 0 amide bonds. The summed E-state index contributed by atoms with van der Waals surface area (Å²) in [5.41, 5.74) is 1.98. The third-order valence-corrected chi connectivity index (χ3v) is 8.59. The Kier molecular flexibility index (Phi) is 7.79. The average Bonchev–Trinajstić information content (AvgIpc) is 2.69. The Hall–Kier alpha value is -2.67. The zero-order valence-electron chi connectivity index (χ0n) is 19.4. The number of methoxy groups -OCH3 is 2. The van der Waals surface area contributed by atoms with Crippen molar-refractivity contribution in [1.82, 2.24) is 0 Å². The molecule has 156 valence electrons.